The predicted octanol–water partition coefficient (Wildman–Crippen LogP) is 2.34. The summed E-state index contributed by atoms with van der Waals surface area (Å²) in [6, 6.07) is 12.7. The van der Waals surface area contributed by atoms with Crippen LogP contribution >= 0.6 is 0 Å². The summed E-state index contributed by atoms with van der Waals surface area (Å²) in [5.74, 6) is -1.17. The van der Waals surface area contributed by atoms with Crippen molar-refractivity contribution in [2.24, 2.45) is 0 Å². The highest BCUT2D eigenvalue weighted by Gasteiger charge is 2.16. The molecule has 2 N–H and O–H groups in total. The Morgan fingerprint density at radius 3 is 2.37 bits per heavy atom. The summed E-state index contributed by atoms with van der Waals surface area (Å²) < 4.78 is 17.9. The molecule has 7 nitrogen and oxygen atoms in total. The summed E-state index contributed by atoms with van der Waals surface area (Å²) in [5, 5.41) is 9.02. The van der Waals surface area contributed by atoms with Gasteiger partial charge in [0.1, 0.15) is 5.82 Å². The molecule has 138 valence electrons. The van der Waals surface area contributed by atoms with Gasteiger partial charge in [0, 0.05) is 24.2 Å². The molecule has 3 rings (SSSR count). The van der Waals surface area contributed by atoms with Gasteiger partial charge in [0.25, 0.3) is 5.91 Å². The summed E-state index contributed by atoms with van der Waals surface area (Å²) in [6.07, 6.45) is 0. The lowest BCUT2D eigenvalue weighted by atomic mass is 10.1. The zero-order chi connectivity index (χ0) is 19.2. The van der Waals surface area contributed by atoms with E-state index in [-0.39, 0.29) is 36.5 Å². The normalized spacial score (nSPS) is 10.4. The number of benzene rings is 2. The van der Waals surface area contributed by atoms with Gasteiger partial charge in [-0.15, -0.1) is 0 Å². The number of carbonyl (C=O) groups excluding carboxylic acids is 2. The van der Waals surface area contributed by atoms with E-state index in [1.54, 1.807) is 12.1 Å². The Morgan fingerprint density at radius 2 is 1.67 bits per heavy atom. The fraction of sp³-hybridized carbons (Fsp3) is 0.158. The maximum atomic E-state index is 12.9. The lowest BCUT2D eigenvalue weighted by molar-refractivity contribution is 0.0898. The maximum absolute atomic E-state index is 12.9. The van der Waals surface area contributed by atoms with Crippen molar-refractivity contribution in [2.45, 2.75) is 6.92 Å². The molecule has 2 aromatic carbocycles. The molecule has 0 saturated carbocycles. The third-order valence-electron chi connectivity index (χ3n) is 3.81. The predicted molar refractivity (Wildman–Crippen MR) is 95.5 cm³/mol. The standard InChI is InChI=1S/C19H17FN4O3/c1-12-4-2-3-5-15(12)17(25)21-10-11-22-18(26)19-23-16(24-27-19)13-6-8-14(20)9-7-13/h2-9H,10-11H2,1H3,(H,21,25)(H,22,26). The third-order valence-corrected chi connectivity index (χ3v) is 3.81. The van der Waals surface area contributed by atoms with E-state index in [0.29, 0.717) is 11.1 Å². The van der Waals surface area contributed by atoms with Gasteiger partial charge in [0.15, 0.2) is 0 Å². The molecule has 0 atom stereocenters. The second-order valence-electron chi connectivity index (χ2n) is 5.76. The summed E-state index contributed by atoms with van der Waals surface area (Å²) in [4.78, 5) is 28.1. The second kappa shape index (κ2) is 8.22. The summed E-state index contributed by atoms with van der Waals surface area (Å²) in [6.45, 7) is 2.30. The van der Waals surface area contributed by atoms with Crippen LogP contribution in [0.2, 0.25) is 0 Å². The highest BCUT2D eigenvalue weighted by Crippen LogP contribution is 2.16. The quantitative estimate of drug-likeness (QED) is 0.651. The molecule has 0 aliphatic rings. The van der Waals surface area contributed by atoms with E-state index in [1.165, 1.54) is 24.3 Å². The van der Waals surface area contributed by atoms with Crippen LogP contribution < -0.4 is 10.6 Å². The van der Waals surface area contributed by atoms with Crippen LogP contribution in [0.1, 0.15) is 26.6 Å². The van der Waals surface area contributed by atoms with Crippen LogP contribution in [-0.2, 0) is 0 Å². The largest absolute Gasteiger partial charge is 0.350 e. The van der Waals surface area contributed by atoms with Crippen molar-refractivity contribution < 1.29 is 18.5 Å². The number of rotatable bonds is 6. The minimum atomic E-state index is -0.555. The Bertz CT molecular complexity index is 954. The van der Waals surface area contributed by atoms with E-state index >= 15 is 0 Å². The first kappa shape index (κ1) is 18.2. The molecule has 0 saturated heterocycles. The Kier molecular flexibility index (Phi) is 5.55. The number of hydrogen-bond donors (Lipinski definition) is 2. The van der Waals surface area contributed by atoms with Crippen molar-refractivity contribution in [2.75, 3.05) is 13.1 Å². The molecule has 2 amide bonds. The lowest BCUT2D eigenvalue weighted by Gasteiger charge is -2.07. The maximum Gasteiger partial charge on any atom is 0.316 e. The van der Waals surface area contributed by atoms with Gasteiger partial charge in [-0.3, -0.25) is 9.59 Å². The number of halogens is 1. The number of aromatic nitrogens is 2. The van der Waals surface area contributed by atoms with Gasteiger partial charge in [0.05, 0.1) is 0 Å². The summed E-state index contributed by atoms with van der Waals surface area (Å²) in [5.41, 5.74) is 1.99. The molecular weight excluding hydrogens is 351 g/mol. The highest BCUT2D eigenvalue weighted by atomic mass is 19.1. The minimum absolute atomic E-state index is 0.188. The molecule has 1 heterocycles. The first-order valence-electron chi connectivity index (χ1n) is 8.26. The van der Waals surface area contributed by atoms with Crippen LogP contribution in [0.4, 0.5) is 4.39 Å². The zero-order valence-corrected chi connectivity index (χ0v) is 14.5. The number of carbonyl (C=O) groups is 2. The third kappa shape index (κ3) is 4.55. The molecule has 8 heteroatoms. The molecule has 1 aromatic heterocycles. The van der Waals surface area contributed by atoms with Crippen molar-refractivity contribution in [3.05, 3.63) is 71.4 Å². The highest BCUT2D eigenvalue weighted by molar-refractivity contribution is 5.95. The number of hydrogen-bond acceptors (Lipinski definition) is 5. The van der Waals surface area contributed by atoms with Crippen LogP contribution in [0.3, 0.4) is 0 Å². The molecule has 0 aliphatic carbocycles. The molecule has 0 bridgehead atoms. The Balaban J connectivity index is 1.49. The van der Waals surface area contributed by atoms with Crippen molar-refractivity contribution in [1.29, 1.82) is 0 Å². The van der Waals surface area contributed by atoms with E-state index in [4.69, 9.17) is 4.52 Å². The smallest absolute Gasteiger partial charge is 0.316 e. The van der Waals surface area contributed by atoms with Gasteiger partial charge in [-0.1, -0.05) is 23.4 Å². The van der Waals surface area contributed by atoms with Crippen LogP contribution in [0.25, 0.3) is 11.4 Å². The van der Waals surface area contributed by atoms with Gasteiger partial charge in [0.2, 0.25) is 5.82 Å². The van der Waals surface area contributed by atoms with Gasteiger partial charge in [-0.2, -0.15) is 4.98 Å². The second-order valence-corrected chi connectivity index (χ2v) is 5.76. The van der Waals surface area contributed by atoms with E-state index in [1.807, 2.05) is 19.1 Å². The fourth-order valence-electron chi connectivity index (χ4n) is 2.38. The van der Waals surface area contributed by atoms with Crippen molar-refractivity contribution in [3.63, 3.8) is 0 Å². The average molecular weight is 368 g/mol. The van der Waals surface area contributed by atoms with Gasteiger partial charge in [-0.05, 0) is 42.8 Å². The van der Waals surface area contributed by atoms with Crippen molar-refractivity contribution >= 4 is 11.8 Å². The van der Waals surface area contributed by atoms with Gasteiger partial charge in [-0.25, -0.2) is 4.39 Å². The fourth-order valence-corrected chi connectivity index (χ4v) is 2.38. The van der Waals surface area contributed by atoms with Crippen LogP contribution in [0, 0.1) is 12.7 Å². The molecule has 0 unspecified atom stereocenters. The lowest BCUT2D eigenvalue weighted by Crippen LogP contribution is -2.35. The first-order chi connectivity index (χ1) is 13.0. The first-order valence-corrected chi connectivity index (χ1v) is 8.26. The Morgan fingerprint density at radius 1 is 1.00 bits per heavy atom. The molecule has 3 aromatic rings. The Hall–Kier alpha value is -3.55. The number of amides is 2. The molecular formula is C19H17FN4O3. The molecule has 0 aliphatic heterocycles. The Labute approximate surface area is 154 Å². The van der Waals surface area contributed by atoms with E-state index in [0.717, 1.165) is 5.56 Å². The van der Waals surface area contributed by atoms with Crippen molar-refractivity contribution in [1.82, 2.24) is 20.8 Å². The SMILES string of the molecule is Cc1ccccc1C(=O)NCCNC(=O)c1nc(-c2ccc(F)cc2)no1. The van der Waals surface area contributed by atoms with E-state index in [2.05, 4.69) is 20.8 Å². The van der Waals surface area contributed by atoms with Crippen LogP contribution in [0.15, 0.2) is 53.1 Å². The van der Waals surface area contributed by atoms with Crippen LogP contribution in [0.5, 0.6) is 0 Å². The molecule has 27 heavy (non-hydrogen) atoms. The van der Waals surface area contributed by atoms with E-state index in [9.17, 15) is 14.0 Å². The molecule has 0 fully saturated rings. The molecule has 0 spiro atoms. The van der Waals surface area contributed by atoms with Gasteiger partial charge < -0.3 is 15.2 Å². The number of nitrogens with one attached hydrogen (secondary N) is 2. The summed E-state index contributed by atoms with van der Waals surface area (Å²) >= 11 is 0. The van der Waals surface area contributed by atoms with E-state index < -0.39 is 5.91 Å². The average Bonchev–Trinajstić information content (AvgIpc) is 3.16. The number of nitrogens with zero attached hydrogens (tertiary/aromatic N) is 2. The molecule has 0 radical (unpaired) electrons. The van der Waals surface area contributed by atoms with Crippen LogP contribution in [-0.4, -0.2) is 35.0 Å². The minimum Gasteiger partial charge on any atom is -0.350 e. The van der Waals surface area contributed by atoms with Gasteiger partial charge >= 0.3 is 11.8 Å². The van der Waals surface area contributed by atoms with Crippen molar-refractivity contribution in [3.8, 4) is 11.4 Å². The summed E-state index contributed by atoms with van der Waals surface area (Å²) in [7, 11) is 0. The monoisotopic (exact) mass is 368 g/mol. The zero-order valence-electron chi connectivity index (χ0n) is 14.5. The topological polar surface area (TPSA) is 97.1 Å². The number of aryl methyl sites for hydroxylation is 1.